The second kappa shape index (κ2) is 7.63. The van der Waals surface area contributed by atoms with E-state index >= 15 is 0 Å². The molecule has 0 bridgehead atoms. The Balaban J connectivity index is 1.58. The highest BCUT2D eigenvalue weighted by Crippen LogP contribution is 2.15. The Morgan fingerprint density at radius 3 is 2.79 bits per heavy atom. The molecule has 1 aliphatic heterocycles. The summed E-state index contributed by atoms with van der Waals surface area (Å²) in [7, 11) is 0. The van der Waals surface area contributed by atoms with E-state index in [4.69, 9.17) is 10.5 Å². The van der Waals surface area contributed by atoms with Crippen LogP contribution in [0.25, 0.3) is 11.0 Å². The molecule has 0 saturated carbocycles. The molecule has 1 fully saturated rings. The average molecular weight is 332 g/mol. The van der Waals surface area contributed by atoms with Gasteiger partial charge in [-0.3, -0.25) is 9.36 Å². The number of carbonyl (C=O) groups excluding carboxylic acids is 1. The third kappa shape index (κ3) is 3.68. The lowest BCUT2D eigenvalue weighted by Gasteiger charge is -2.32. The van der Waals surface area contributed by atoms with Crippen LogP contribution in [0.4, 0.5) is 0 Å². The van der Waals surface area contributed by atoms with E-state index in [1.165, 1.54) is 4.57 Å². The molecule has 7 nitrogen and oxygen atoms in total. The van der Waals surface area contributed by atoms with Crippen molar-refractivity contribution in [3.63, 3.8) is 0 Å². The van der Waals surface area contributed by atoms with Crippen molar-refractivity contribution >= 4 is 16.9 Å². The van der Waals surface area contributed by atoms with Crippen LogP contribution < -0.4 is 11.4 Å². The predicted octanol–water partition coefficient (Wildman–Crippen LogP) is 0.686. The van der Waals surface area contributed by atoms with Crippen molar-refractivity contribution in [3.05, 3.63) is 34.7 Å². The maximum Gasteiger partial charge on any atom is 0.326 e. The molecule has 130 valence electrons. The van der Waals surface area contributed by atoms with Crippen molar-refractivity contribution in [1.82, 2.24) is 14.5 Å². The largest absolute Gasteiger partial charge is 0.378 e. The average Bonchev–Trinajstić information content (AvgIpc) is 2.91. The van der Waals surface area contributed by atoms with Gasteiger partial charge in [-0.1, -0.05) is 12.1 Å². The maximum atomic E-state index is 12.5. The van der Waals surface area contributed by atoms with E-state index in [-0.39, 0.29) is 24.2 Å². The normalized spacial score (nSPS) is 16.0. The molecule has 24 heavy (non-hydrogen) atoms. The number of hydrogen-bond donors (Lipinski definition) is 2. The lowest BCUT2D eigenvalue weighted by Crippen LogP contribution is -2.43. The van der Waals surface area contributed by atoms with E-state index in [9.17, 15) is 9.59 Å². The summed E-state index contributed by atoms with van der Waals surface area (Å²) in [6, 6.07) is 7.40. The third-order valence-electron chi connectivity index (χ3n) is 4.47. The number of piperidine rings is 1. The van der Waals surface area contributed by atoms with Crippen LogP contribution in [0.1, 0.15) is 19.3 Å². The molecule has 7 heteroatoms. The number of aromatic nitrogens is 2. The number of nitrogens with one attached hydrogen (secondary N) is 1. The molecule has 2 heterocycles. The van der Waals surface area contributed by atoms with Gasteiger partial charge in [0, 0.05) is 19.7 Å². The number of rotatable bonds is 6. The number of H-pyrrole nitrogens is 1. The third-order valence-corrected chi connectivity index (χ3v) is 4.47. The minimum absolute atomic E-state index is 0.0257. The maximum absolute atomic E-state index is 12.5. The Hall–Kier alpha value is -2.12. The van der Waals surface area contributed by atoms with E-state index in [2.05, 4.69) is 4.98 Å². The SMILES string of the molecule is NCCCOC1CCN(C(=O)Cn2c(=O)[nH]c3ccccc32)CC1. The molecule has 3 N–H and O–H groups in total. The molecule has 0 spiro atoms. The molecule has 1 saturated heterocycles. The van der Waals surface area contributed by atoms with Crippen LogP contribution in [0.15, 0.2) is 29.1 Å². The molecule has 0 unspecified atom stereocenters. The first-order valence-electron chi connectivity index (χ1n) is 8.46. The second-order valence-electron chi connectivity index (χ2n) is 6.13. The quantitative estimate of drug-likeness (QED) is 0.761. The molecule has 1 aromatic carbocycles. The van der Waals surface area contributed by atoms with Crippen molar-refractivity contribution in [3.8, 4) is 0 Å². The smallest absolute Gasteiger partial charge is 0.326 e. The number of likely N-dealkylation sites (tertiary alicyclic amines) is 1. The van der Waals surface area contributed by atoms with E-state index in [1.54, 1.807) is 0 Å². The lowest BCUT2D eigenvalue weighted by molar-refractivity contribution is -0.134. The van der Waals surface area contributed by atoms with Crippen molar-refractivity contribution in [1.29, 1.82) is 0 Å². The highest BCUT2D eigenvalue weighted by Gasteiger charge is 2.24. The number of nitrogens with two attached hydrogens (primary N) is 1. The van der Waals surface area contributed by atoms with Crippen molar-refractivity contribution in [2.24, 2.45) is 5.73 Å². The predicted molar refractivity (Wildman–Crippen MR) is 91.8 cm³/mol. The van der Waals surface area contributed by atoms with E-state index < -0.39 is 0 Å². The van der Waals surface area contributed by atoms with Crippen LogP contribution in [0, 0.1) is 0 Å². The van der Waals surface area contributed by atoms with Crippen LogP contribution in [-0.2, 0) is 16.1 Å². The number of carbonyl (C=O) groups is 1. The minimum Gasteiger partial charge on any atom is -0.378 e. The van der Waals surface area contributed by atoms with Gasteiger partial charge in [0.25, 0.3) is 0 Å². The van der Waals surface area contributed by atoms with Crippen LogP contribution in [0.2, 0.25) is 0 Å². The van der Waals surface area contributed by atoms with E-state index in [0.717, 1.165) is 30.3 Å². The first kappa shape index (κ1) is 16.7. The summed E-state index contributed by atoms with van der Waals surface area (Å²) in [5, 5.41) is 0. The monoisotopic (exact) mass is 332 g/mol. The van der Waals surface area contributed by atoms with Gasteiger partial charge >= 0.3 is 5.69 Å². The Labute approximate surface area is 140 Å². The van der Waals surface area contributed by atoms with Gasteiger partial charge in [0.1, 0.15) is 6.54 Å². The van der Waals surface area contributed by atoms with Gasteiger partial charge in [-0.15, -0.1) is 0 Å². The van der Waals surface area contributed by atoms with Crippen LogP contribution in [0.3, 0.4) is 0 Å². The van der Waals surface area contributed by atoms with E-state index in [0.29, 0.717) is 26.2 Å². The molecule has 1 aliphatic rings. The number of aromatic amines is 1. The minimum atomic E-state index is -0.246. The van der Waals surface area contributed by atoms with Gasteiger partial charge in [-0.25, -0.2) is 4.79 Å². The van der Waals surface area contributed by atoms with Gasteiger partial charge in [0.2, 0.25) is 5.91 Å². The van der Waals surface area contributed by atoms with Crippen molar-refractivity contribution in [2.45, 2.75) is 31.9 Å². The number of amides is 1. The Morgan fingerprint density at radius 1 is 1.29 bits per heavy atom. The number of fused-ring (bicyclic) bond motifs is 1. The highest BCUT2D eigenvalue weighted by atomic mass is 16.5. The zero-order valence-corrected chi connectivity index (χ0v) is 13.7. The first-order valence-corrected chi connectivity index (χ1v) is 8.46. The highest BCUT2D eigenvalue weighted by molar-refractivity contribution is 5.80. The van der Waals surface area contributed by atoms with Gasteiger partial charge in [-0.2, -0.15) is 0 Å². The van der Waals surface area contributed by atoms with Crippen molar-refractivity contribution < 1.29 is 9.53 Å². The summed E-state index contributed by atoms with van der Waals surface area (Å²) in [6.07, 6.45) is 2.73. The Morgan fingerprint density at radius 2 is 2.04 bits per heavy atom. The fourth-order valence-electron chi connectivity index (χ4n) is 3.10. The number of para-hydroxylation sites is 2. The summed E-state index contributed by atoms with van der Waals surface area (Å²) in [5.74, 6) is -0.0257. The topological polar surface area (TPSA) is 93.3 Å². The van der Waals surface area contributed by atoms with Crippen molar-refractivity contribution in [2.75, 3.05) is 26.2 Å². The molecule has 3 rings (SSSR count). The summed E-state index contributed by atoms with van der Waals surface area (Å²) >= 11 is 0. The number of hydrogen-bond acceptors (Lipinski definition) is 4. The molecule has 1 amide bonds. The van der Waals surface area contributed by atoms with Gasteiger partial charge in [-0.05, 0) is 37.9 Å². The van der Waals surface area contributed by atoms with Gasteiger partial charge in [0.15, 0.2) is 0 Å². The zero-order chi connectivity index (χ0) is 16.9. The molecule has 0 radical (unpaired) electrons. The summed E-state index contributed by atoms with van der Waals surface area (Å²) < 4.78 is 7.26. The molecular formula is C17H24N4O3. The fraction of sp³-hybridized carbons (Fsp3) is 0.529. The Kier molecular flexibility index (Phi) is 5.32. The van der Waals surface area contributed by atoms with Gasteiger partial charge in [0.05, 0.1) is 17.1 Å². The number of benzene rings is 1. The molecule has 2 aromatic rings. The zero-order valence-electron chi connectivity index (χ0n) is 13.7. The van der Waals surface area contributed by atoms with Crippen LogP contribution >= 0.6 is 0 Å². The standard InChI is InChI=1S/C17H24N4O3/c18-8-3-11-24-13-6-9-20(10-7-13)16(22)12-21-15-5-2-1-4-14(15)19-17(21)23/h1-2,4-5,13H,3,6-12,18H2,(H,19,23). The summed E-state index contributed by atoms with van der Waals surface area (Å²) in [4.78, 5) is 29.2. The van der Waals surface area contributed by atoms with Crippen LogP contribution in [0.5, 0.6) is 0 Å². The van der Waals surface area contributed by atoms with E-state index in [1.807, 2.05) is 29.2 Å². The summed E-state index contributed by atoms with van der Waals surface area (Å²) in [5.41, 5.74) is 6.73. The summed E-state index contributed by atoms with van der Waals surface area (Å²) in [6.45, 7) is 2.73. The van der Waals surface area contributed by atoms with Gasteiger partial charge < -0.3 is 20.4 Å². The Bertz CT molecular complexity index is 744. The first-order chi connectivity index (χ1) is 11.7. The number of nitrogens with zero attached hydrogens (tertiary/aromatic N) is 2. The second-order valence-corrected chi connectivity index (χ2v) is 6.13. The number of ether oxygens (including phenoxy) is 1. The molecular weight excluding hydrogens is 308 g/mol. The lowest BCUT2D eigenvalue weighted by atomic mass is 10.1. The fourth-order valence-corrected chi connectivity index (χ4v) is 3.10. The number of imidazole rings is 1. The van der Waals surface area contributed by atoms with Crippen LogP contribution in [-0.4, -0.2) is 52.7 Å². The molecule has 1 aromatic heterocycles. The molecule has 0 atom stereocenters. The molecule has 0 aliphatic carbocycles.